The van der Waals surface area contributed by atoms with Crippen LogP contribution >= 0.6 is 11.6 Å². The standard InChI is InChI=1S/C14H11ClN2O4/c15-8-3-7(4-9(16)5-8)13(19)17-12-2-1-10(18)6-11(12)14(20)21/h1-6,18H,16H2,(H,17,19)(H,20,21). The lowest BCUT2D eigenvalue weighted by Crippen LogP contribution is -2.15. The highest BCUT2D eigenvalue weighted by Gasteiger charge is 2.15. The number of amides is 1. The number of nitrogens with one attached hydrogen (secondary N) is 1. The summed E-state index contributed by atoms with van der Waals surface area (Å²) in [6.45, 7) is 0. The van der Waals surface area contributed by atoms with Gasteiger partial charge in [0.25, 0.3) is 5.91 Å². The average Bonchev–Trinajstić information content (AvgIpc) is 2.39. The van der Waals surface area contributed by atoms with Gasteiger partial charge in [0.2, 0.25) is 0 Å². The van der Waals surface area contributed by atoms with Gasteiger partial charge in [0.05, 0.1) is 11.3 Å². The number of aromatic hydroxyl groups is 1. The molecular weight excluding hydrogens is 296 g/mol. The summed E-state index contributed by atoms with van der Waals surface area (Å²) in [6.07, 6.45) is 0. The molecule has 0 aliphatic heterocycles. The number of phenols is 1. The number of carbonyl (C=O) groups excluding carboxylic acids is 1. The number of halogens is 1. The van der Waals surface area contributed by atoms with E-state index in [2.05, 4.69) is 5.32 Å². The van der Waals surface area contributed by atoms with E-state index in [1.165, 1.54) is 30.3 Å². The summed E-state index contributed by atoms with van der Waals surface area (Å²) in [5.41, 5.74) is 5.95. The normalized spacial score (nSPS) is 10.1. The minimum absolute atomic E-state index is 0.0591. The molecule has 21 heavy (non-hydrogen) atoms. The summed E-state index contributed by atoms with van der Waals surface area (Å²) in [5, 5.41) is 21.1. The summed E-state index contributed by atoms with van der Waals surface area (Å²) < 4.78 is 0. The Balaban J connectivity index is 2.33. The van der Waals surface area contributed by atoms with E-state index in [1.54, 1.807) is 0 Å². The van der Waals surface area contributed by atoms with E-state index in [9.17, 15) is 14.7 Å². The zero-order valence-corrected chi connectivity index (χ0v) is 11.4. The zero-order valence-electron chi connectivity index (χ0n) is 10.6. The second-order valence-corrected chi connectivity index (χ2v) is 4.70. The molecule has 2 rings (SSSR count). The SMILES string of the molecule is Nc1cc(Cl)cc(C(=O)Nc2ccc(O)cc2C(=O)O)c1. The summed E-state index contributed by atoms with van der Waals surface area (Å²) in [7, 11) is 0. The van der Waals surface area contributed by atoms with E-state index < -0.39 is 11.9 Å². The number of nitrogen functional groups attached to an aromatic ring is 1. The number of benzene rings is 2. The molecule has 0 saturated carbocycles. The number of hydrogen-bond acceptors (Lipinski definition) is 4. The van der Waals surface area contributed by atoms with Crippen LogP contribution < -0.4 is 11.1 Å². The van der Waals surface area contributed by atoms with Crippen molar-refractivity contribution in [2.75, 3.05) is 11.1 Å². The van der Waals surface area contributed by atoms with Gasteiger partial charge in [0.15, 0.2) is 0 Å². The van der Waals surface area contributed by atoms with Crippen molar-refractivity contribution in [1.82, 2.24) is 0 Å². The number of nitrogens with two attached hydrogens (primary N) is 1. The van der Waals surface area contributed by atoms with Crippen LogP contribution in [0.4, 0.5) is 11.4 Å². The minimum atomic E-state index is -1.27. The van der Waals surface area contributed by atoms with Crippen LogP contribution in [-0.2, 0) is 0 Å². The Kier molecular flexibility index (Phi) is 4.00. The van der Waals surface area contributed by atoms with Crippen molar-refractivity contribution < 1.29 is 19.8 Å². The Morgan fingerprint density at radius 2 is 1.86 bits per heavy atom. The Hall–Kier alpha value is -2.73. The van der Waals surface area contributed by atoms with Crippen molar-refractivity contribution >= 4 is 34.9 Å². The molecule has 0 unspecified atom stereocenters. The lowest BCUT2D eigenvalue weighted by atomic mass is 10.1. The van der Waals surface area contributed by atoms with Crippen LogP contribution in [0.5, 0.6) is 5.75 Å². The van der Waals surface area contributed by atoms with Crippen molar-refractivity contribution in [3.05, 3.63) is 52.5 Å². The Bertz CT molecular complexity index is 711. The summed E-state index contributed by atoms with van der Waals surface area (Å²) in [4.78, 5) is 23.2. The highest BCUT2D eigenvalue weighted by Crippen LogP contribution is 2.23. The van der Waals surface area contributed by atoms with Gasteiger partial charge in [-0.3, -0.25) is 4.79 Å². The predicted molar refractivity (Wildman–Crippen MR) is 78.9 cm³/mol. The fraction of sp³-hybridized carbons (Fsp3) is 0. The van der Waals surface area contributed by atoms with Crippen molar-refractivity contribution in [1.29, 1.82) is 0 Å². The quantitative estimate of drug-likeness (QED) is 0.514. The fourth-order valence-electron chi connectivity index (χ4n) is 1.76. The van der Waals surface area contributed by atoms with E-state index in [-0.39, 0.29) is 22.6 Å². The Morgan fingerprint density at radius 3 is 2.48 bits per heavy atom. The maximum absolute atomic E-state index is 12.1. The van der Waals surface area contributed by atoms with Gasteiger partial charge in [-0.2, -0.15) is 0 Å². The topological polar surface area (TPSA) is 113 Å². The molecule has 0 radical (unpaired) electrons. The van der Waals surface area contributed by atoms with Crippen LogP contribution in [0, 0.1) is 0 Å². The van der Waals surface area contributed by atoms with Gasteiger partial charge in [-0.05, 0) is 36.4 Å². The molecule has 2 aromatic carbocycles. The number of aromatic carboxylic acids is 1. The fourth-order valence-corrected chi connectivity index (χ4v) is 2.00. The smallest absolute Gasteiger partial charge is 0.337 e. The number of hydrogen-bond donors (Lipinski definition) is 4. The first kappa shape index (κ1) is 14.7. The van der Waals surface area contributed by atoms with Gasteiger partial charge in [0.1, 0.15) is 5.75 Å². The molecule has 0 aliphatic carbocycles. The third-order valence-electron chi connectivity index (χ3n) is 2.66. The third-order valence-corrected chi connectivity index (χ3v) is 2.88. The first-order chi connectivity index (χ1) is 9.86. The molecule has 0 atom stereocenters. The molecule has 2 aromatic rings. The number of rotatable bonds is 3. The molecule has 1 amide bonds. The highest BCUT2D eigenvalue weighted by atomic mass is 35.5. The first-order valence-corrected chi connectivity index (χ1v) is 6.18. The molecular formula is C14H11ClN2O4. The Labute approximate surface area is 124 Å². The summed E-state index contributed by atoms with van der Waals surface area (Å²) >= 11 is 5.81. The number of anilines is 2. The first-order valence-electron chi connectivity index (χ1n) is 5.80. The number of carboxylic acids is 1. The predicted octanol–water partition coefficient (Wildman–Crippen LogP) is 2.58. The van der Waals surface area contributed by atoms with E-state index in [0.717, 1.165) is 6.07 Å². The van der Waals surface area contributed by atoms with Gasteiger partial charge < -0.3 is 21.3 Å². The van der Waals surface area contributed by atoms with Gasteiger partial charge in [-0.1, -0.05) is 11.6 Å². The largest absolute Gasteiger partial charge is 0.508 e. The monoisotopic (exact) mass is 306 g/mol. The summed E-state index contributed by atoms with van der Waals surface area (Å²) in [5.74, 6) is -2.04. The van der Waals surface area contributed by atoms with Crippen LogP contribution in [0.1, 0.15) is 20.7 Å². The average molecular weight is 307 g/mol. The second-order valence-electron chi connectivity index (χ2n) is 4.26. The molecule has 0 spiro atoms. The molecule has 108 valence electrons. The van der Waals surface area contributed by atoms with E-state index >= 15 is 0 Å². The van der Waals surface area contributed by atoms with Crippen LogP contribution in [0.3, 0.4) is 0 Å². The maximum Gasteiger partial charge on any atom is 0.337 e. The van der Waals surface area contributed by atoms with Gasteiger partial charge >= 0.3 is 5.97 Å². The molecule has 7 heteroatoms. The molecule has 0 bridgehead atoms. The molecule has 5 N–H and O–H groups in total. The number of phenolic OH excluding ortho intramolecular Hbond substituents is 1. The van der Waals surface area contributed by atoms with E-state index in [4.69, 9.17) is 22.4 Å². The lowest BCUT2D eigenvalue weighted by molar-refractivity contribution is 0.0697. The zero-order chi connectivity index (χ0) is 15.6. The van der Waals surface area contributed by atoms with Crippen molar-refractivity contribution in [2.24, 2.45) is 0 Å². The number of carbonyl (C=O) groups is 2. The van der Waals surface area contributed by atoms with Gasteiger partial charge in [0, 0.05) is 16.3 Å². The number of carboxylic acid groups (broad SMARTS) is 1. The third kappa shape index (κ3) is 3.43. The lowest BCUT2D eigenvalue weighted by Gasteiger charge is -2.09. The van der Waals surface area contributed by atoms with Crippen molar-refractivity contribution in [2.45, 2.75) is 0 Å². The molecule has 0 aliphatic rings. The molecule has 6 nitrogen and oxygen atoms in total. The van der Waals surface area contributed by atoms with Crippen LogP contribution in [0.2, 0.25) is 5.02 Å². The van der Waals surface area contributed by atoms with Crippen molar-refractivity contribution in [3.8, 4) is 5.75 Å². The second kappa shape index (κ2) is 5.72. The van der Waals surface area contributed by atoms with Gasteiger partial charge in [-0.25, -0.2) is 4.79 Å². The van der Waals surface area contributed by atoms with E-state index in [0.29, 0.717) is 10.7 Å². The van der Waals surface area contributed by atoms with Crippen molar-refractivity contribution in [3.63, 3.8) is 0 Å². The summed E-state index contributed by atoms with van der Waals surface area (Å²) in [6, 6.07) is 7.93. The van der Waals surface area contributed by atoms with Crippen LogP contribution in [-0.4, -0.2) is 22.1 Å². The highest BCUT2D eigenvalue weighted by molar-refractivity contribution is 6.31. The molecule has 0 saturated heterocycles. The Morgan fingerprint density at radius 1 is 1.14 bits per heavy atom. The minimum Gasteiger partial charge on any atom is -0.508 e. The van der Waals surface area contributed by atoms with Crippen LogP contribution in [0.25, 0.3) is 0 Å². The van der Waals surface area contributed by atoms with E-state index in [1.807, 2.05) is 0 Å². The molecule has 0 heterocycles. The maximum atomic E-state index is 12.1. The van der Waals surface area contributed by atoms with Crippen LogP contribution in [0.15, 0.2) is 36.4 Å². The molecule has 0 fully saturated rings. The van der Waals surface area contributed by atoms with Gasteiger partial charge in [-0.15, -0.1) is 0 Å². The molecule has 0 aromatic heterocycles.